The van der Waals surface area contributed by atoms with Gasteiger partial charge in [-0.3, -0.25) is 29.9 Å². The summed E-state index contributed by atoms with van der Waals surface area (Å²) in [5, 5.41) is 30.2. The van der Waals surface area contributed by atoms with Crippen LogP contribution in [0.2, 0.25) is 5.15 Å². The quantitative estimate of drug-likeness (QED) is 0.406. The maximum absolute atomic E-state index is 12.5. The van der Waals surface area contributed by atoms with Crippen molar-refractivity contribution in [2.45, 2.75) is 19.2 Å². The summed E-state index contributed by atoms with van der Waals surface area (Å²) in [5.74, 6) is 0.822. The molecule has 14 heteroatoms. The highest BCUT2D eigenvalue weighted by Crippen LogP contribution is 2.46. The SMILES string of the molecule is Cc1cc(N2C(=O)CSC2c2c(C)nn(-c3ccc([N+](=O)[O-])cc3[N+](=O)[O-])c2Cl)no1. The number of aryl methyl sites for hydroxylation is 2. The molecule has 1 aliphatic heterocycles. The number of anilines is 1. The molecule has 1 saturated heterocycles. The Morgan fingerprint density at radius 1 is 1.23 bits per heavy atom. The van der Waals surface area contributed by atoms with Gasteiger partial charge in [0.2, 0.25) is 5.91 Å². The third kappa shape index (κ3) is 3.51. The number of hydrogen-bond donors (Lipinski definition) is 0. The third-order valence-electron chi connectivity index (χ3n) is 4.62. The summed E-state index contributed by atoms with van der Waals surface area (Å²) in [7, 11) is 0. The standard InChI is InChI=1S/C17H13ClN6O6S/c1-8-5-13(20-30-8)21-14(25)7-31-17(21)15-9(2)19-22(16(15)18)11-4-3-10(23(26)27)6-12(11)24(28)29/h3-6,17H,7H2,1-2H3. The first-order valence-electron chi connectivity index (χ1n) is 8.74. The van der Waals surface area contributed by atoms with Crippen LogP contribution < -0.4 is 4.90 Å². The molecule has 1 amide bonds. The minimum Gasteiger partial charge on any atom is -0.360 e. The van der Waals surface area contributed by atoms with Crippen LogP contribution in [-0.2, 0) is 4.79 Å². The number of benzene rings is 1. The summed E-state index contributed by atoms with van der Waals surface area (Å²) < 4.78 is 6.22. The number of carbonyl (C=O) groups excluding carboxylic acids is 1. The van der Waals surface area contributed by atoms with Gasteiger partial charge in [0.1, 0.15) is 22.0 Å². The van der Waals surface area contributed by atoms with E-state index in [1.54, 1.807) is 19.9 Å². The number of halogens is 1. The fourth-order valence-corrected chi connectivity index (χ4v) is 4.95. The molecule has 3 aromatic rings. The van der Waals surface area contributed by atoms with Crippen LogP contribution in [0.3, 0.4) is 0 Å². The van der Waals surface area contributed by atoms with Gasteiger partial charge in [0.15, 0.2) is 5.82 Å². The summed E-state index contributed by atoms with van der Waals surface area (Å²) in [6.07, 6.45) is 0. The minimum atomic E-state index is -0.742. The van der Waals surface area contributed by atoms with Gasteiger partial charge in [0, 0.05) is 17.7 Å². The Kier molecular flexibility index (Phi) is 5.15. The van der Waals surface area contributed by atoms with E-state index in [9.17, 15) is 25.0 Å². The number of hydrogen-bond acceptors (Lipinski definition) is 9. The molecule has 1 unspecified atom stereocenters. The van der Waals surface area contributed by atoms with E-state index in [2.05, 4.69) is 10.3 Å². The molecule has 0 saturated carbocycles. The van der Waals surface area contributed by atoms with Crippen molar-refractivity contribution in [3.8, 4) is 5.69 Å². The fourth-order valence-electron chi connectivity index (χ4n) is 3.25. The van der Waals surface area contributed by atoms with Gasteiger partial charge >= 0.3 is 5.69 Å². The molecule has 0 aliphatic carbocycles. The molecular formula is C17H13ClN6O6S. The van der Waals surface area contributed by atoms with Crippen molar-refractivity contribution in [1.82, 2.24) is 14.9 Å². The first-order valence-corrected chi connectivity index (χ1v) is 10.2. The van der Waals surface area contributed by atoms with E-state index >= 15 is 0 Å². The second kappa shape index (κ2) is 7.67. The topological polar surface area (TPSA) is 150 Å². The molecule has 1 fully saturated rings. The van der Waals surface area contributed by atoms with Crippen LogP contribution >= 0.6 is 23.4 Å². The highest BCUT2D eigenvalue weighted by Gasteiger charge is 2.40. The summed E-state index contributed by atoms with van der Waals surface area (Å²) in [6.45, 7) is 3.35. The summed E-state index contributed by atoms with van der Waals surface area (Å²) in [5.41, 5.74) is -0.0709. The van der Waals surface area contributed by atoms with Crippen molar-refractivity contribution in [2.75, 3.05) is 10.7 Å². The van der Waals surface area contributed by atoms with Gasteiger partial charge in [-0.05, 0) is 19.9 Å². The van der Waals surface area contributed by atoms with Crippen molar-refractivity contribution in [2.24, 2.45) is 0 Å². The van der Waals surface area contributed by atoms with Crippen LogP contribution in [0, 0.1) is 34.1 Å². The normalized spacial score (nSPS) is 16.2. The third-order valence-corrected chi connectivity index (χ3v) is 6.16. The van der Waals surface area contributed by atoms with Crippen molar-refractivity contribution < 1.29 is 19.2 Å². The van der Waals surface area contributed by atoms with Crippen LogP contribution in [0.1, 0.15) is 22.4 Å². The van der Waals surface area contributed by atoms with Crippen molar-refractivity contribution in [3.63, 3.8) is 0 Å². The van der Waals surface area contributed by atoms with Gasteiger partial charge in [-0.1, -0.05) is 16.8 Å². The monoisotopic (exact) mass is 464 g/mol. The van der Waals surface area contributed by atoms with Crippen molar-refractivity contribution in [1.29, 1.82) is 0 Å². The van der Waals surface area contributed by atoms with E-state index in [4.69, 9.17) is 16.1 Å². The minimum absolute atomic E-state index is 0.0342. The Hall–Kier alpha value is -3.45. The van der Waals surface area contributed by atoms with Gasteiger partial charge in [-0.25, -0.2) is 4.68 Å². The van der Waals surface area contributed by atoms with Crippen LogP contribution in [0.15, 0.2) is 28.8 Å². The highest BCUT2D eigenvalue weighted by molar-refractivity contribution is 8.00. The largest absolute Gasteiger partial charge is 0.360 e. The summed E-state index contributed by atoms with van der Waals surface area (Å²) in [4.78, 5) is 35.0. The number of nitrogens with zero attached hydrogens (tertiary/aromatic N) is 6. The van der Waals surface area contributed by atoms with Crippen LogP contribution in [0.4, 0.5) is 17.2 Å². The number of aromatic nitrogens is 3. The van der Waals surface area contributed by atoms with Crippen LogP contribution in [-0.4, -0.2) is 36.4 Å². The Labute approximate surface area is 183 Å². The van der Waals surface area contributed by atoms with Gasteiger partial charge in [-0.15, -0.1) is 11.8 Å². The zero-order valence-electron chi connectivity index (χ0n) is 16.0. The molecule has 1 aromatic carbocycles. The molecule has 4 rings (SSSR count). The molecule has 0 spiro atoms. The average molecular weight is 465 g/mol. The zero-order valence-corrected chi connectivity index (χ0v) is 17.6. The van der Waals surface area contributed by atoms with E-state index in [0.29, 0.717) is 22.8 Å². The Morgan fingerprint density at radius 3 is 2.58 bits per heavy atom. The predicted molar refractivity (Wildman–Crippen MR) is 111 cm³/mol. The lowest BCUT2D eigenvalue weighted by Crippen LogP contribution is -2.28. The number of amides is 1. The lowest BCUT2D eigenvalue weighted by molar-refractivity contribution is -0.394. The molecule has 31 heavy (non-hydrogen) atoms. The van der Waals surface area contributed by atoms with Crippen LogP contribution in [0.25, 0.3) is 5.69 Å². The van der Waals surface area contributed by atoms with E-state index in [1.165, 1.54) is 22.7 Å². The maximum Gasteiger partial charge on any atom is 0.301 e. The molecule has 1 atom stereocenters. The van der Waals surface area contributed by atoms with E-state index in [0.717, 1.165) is 16.8 Å². The summed E-state index contributed by atoms with van der Waals surface area (Å²) in [6, 6.07) is 4.81. The zero-order chi connectivity index (χ0) is 22.4. The molecule has 0 radical (unpaired) electrons. The fraction of sp³-hybridized carbons (Fsp3) is 0.235. The molecule has 0 bridgehead atoms. The molecule has 0 N–H and O–H groups in total. The Bertz CT molecular complexity index is 1240. The lowest BCUT2D eigenvalue weighted by Gasteiger charge is -2.21. The second-order valence-electron chi connectivity index (χ2n) is 6.61. The molecule has 3 heterocycles. The summed E-state index contributed by atoms with van der Waals surface area (Å²) >= 11 is 7.88. The van der Waals surface area contributed by atoms with Gasteiger partial charge in [0.25, 0.3) is 5.69 Å². The average Bonchev–Trinajstić information content (AvgIpc) is 3.38. The number of thioether (sulfide) groups is 1. The molecular weight excluding hydrogens is 452 g/mol. The molecule has 160 valence electrons. The first kappa shape index (κ1) is 20.8. The van der Waals surface area contributed by atoms with Crippen molar-refractivity contribution >= 4 is 46.5 Å². The lowest BCUT2D eigenvalue weighted by atomic mass is 10.2. The highest BCUT2D eigenvalue weighted by atomic mass is 35.5. The number of nitro groups is 2. The molecule has 12 nitrogen and oxygen atoms in total. The molecule has 2 aromatic heterocycles. The van der Waals surface area contributed by atoms with Gasteiger partial charge in [-0.2, -0.15) is 5.10 Å². The smallest absolute Gasteiger partial charge is 0.301 e. The number of rotatable bonds is 5. The first-order chi connectivity index (χ1) is 14.7. The molecule has 1 aliphatic rings. The predicted octanol–water partition coefficient (Wildman–Crippen LogP) is 3.73. The maximum atomic E-state index is 12.5. The number of nitro benzene ring substituents is 2. The van der Waals surface area contributed by atoms with E-state index < -0.39 is 26.6 Å². The van der Waals surface area contributed by atoms with E-state index in [1.807, 2.05) is 0 Å². The number of non-ortho nitro benzene ring substituents is 1. The van der Waals surface area contributed by atoms with E-state index in [-0.39, 0.29) is 22.5 Å². The van der Waals surface area contributed by atoms with Crippen molar-refractivity contribution in [3.05, 3.63) is 66.7 Å². The second-order valence-corrected chi connectivity index (χ2v) is 8.04. The Morgan fingerprint density at radius 2 is 1.97 bits per heavy atom. The van der Waals surface area contributed by atoms with Gasteiger partial charge < -0.3 is 4.52 Å². The Balaban J connectivity index is 1.83. The van der Waals surface area contributed by atoms with Gasteiger partial charge in [0.05, 0.1) is 27.4 Å². The van der Waals surface area contributed by atoms with Crippen LogP contribution in [0.5, 0.6) is 0 Å². The number of carbonyl (C=O) groups is 1.